The molecule has 0 aliphatic carbocycles. The molecular formula is C22H30N2O4. The zero-order valence-corrected chi connectivity index (χ0v) is 16.9. The van der Waals surface area contributed by atoms with Crippen LogP contribution in [0.15, 0.2) is 30.5 Å². The van der Waals surface area contributed by atoms with E-state index in [0.29, 0.717) is 25.4 Å². The van der Waals surface area contributed by atoms with Crippen molar-refractivity contribution in [3.05, 3.63) is 36.0 Å². The van der Waals surface area contributed by atoms with Gasteiger partial charge in [-0.05, 0) is 36.8 Å². The van der Waals surface area contributed by atoms with Gasteiger partial charge in [-0.2, -0.15) is 0 Å². The lowest BCUT2D eigenvalue weighted by Gasteiger charge is -2.31. The van der Waals surface area contributed by atoms with E-state index in [1.807, 2.05) is 17.0 Å². The van der Waals surface area contributed by atoms with Crippen LogP contribution in [0.3, 0.4) is 0 Å². The van der Waals surface area contributed by atoms with Crippen LogP contribution in [0.2, 0.25) is 0 Å². The van der Waals surface area contributed by atoms with Crippen LogP contribution < -0.4 is 0 Å². The van der Waals surface area contributed by atoms with E-state index in [2.05, 4.69) is 22.9 Å². The predicted molar refractivity (Wildman–Crippen MR) is 108 cm³/mol. The molecule has 6 nitrogen and oxygen atoms in total. The minimum absolute atomic E-state index is 0.158. The van der Waals surface area contributed by atoms with Crippen molar-refractivity contribution >= 4 is 22.8 Å². The molecule has 3 rings (SSSR count). The molecule has 1 aliphatic rings. The van der Waals surface area contributed by atoms with Crippen LogP contribution in [-0.2, 0) is 32.0 Å². The highest BCUT2D eigenvalue weighted by Crippen LogP contribution is 2.24. The van der Waals surface area contributed by atoms with Crippen LogP contribution in [0.25, 0.3) is 10.9 Å². The predicted octanol–water partition coefficient (Wildman–Crippen LogP) is 3.02. The van der Waals surface area contributed by atoms with E-state index >= 15 is 0 Å². The molecule has 0 unspecified atom stereocenters. The molecule has 28 heavy (non-hydrogen) atoms. The summed E-state index contributed by atoms with van der Waals surface area (Å²) in [6.45, 7) is 2.93. The second-order valence-corrected chi connectivity index (χ2v) is 7.46. The number of piperidine rings is 1. The minimum Gasteiger partial charge on any atom is -0.469 e. The van der Waals surface area contributed by atoms with Crippen molar-refractivity contribution in [3.63, 3.8) is 0 Å². The van der Waals surface area contributed by atoms with E-state index in [9.17, 15) is 9.59 Å². The Labute approximate surface area is 166 Å². The number of benzene rings is 1. The number of hydrogen-bond acceptors (Lipinski definition) is 4. The van der Waals surface area contributed by atoms with Crippen molar-refractivity contribution < 1.29 is 19.1 Å². The molecule has 0 radical (unpaired) electrons. The first-order valence-electron chi connectivity index (χ1n) is 10.0. The van der Waals surface area contributed by atoms with Crippen LogP contribution in [0.1, 0.15) is 31.2 Å². The maximum atomic E-state index is 12.7. The Morgan fingerprint density at radius 1 is 1.14 bits per heavy atom. The van der Waals surface area contributed by atoms with Crippen molar-refractivity contribution in [2.24, 2.45) is 5.92 Å². The number of esters is 1. The molecule has 1 aromatic carbocycles. The van der Waals surface area contributed by atoms with Crippen LogP contribution >= 0.6 is 0 Å². The number of fused-ring (bicyclic) bond motifs is 1. The topological polar surface area (TPSA) is 60.8 Å². The Hall–Kier alpha value is -2.34. The fourth-order valence-corrected chi connectivity index (χ4v) is 4.00. The van der Waals surface area contributed by atoms with E-state index in [4.69, 9.17) is 9.47 Å². The third-order valence-corrected chi connectivity index (χ3v) is 5.67. The largest absolute Gasteiger partial charge is 0.469 e. The normalized spacial score (nSPS) is 15.1. The van der Waals surface area contributed by atoms with Gasteiger partial charge in [-0.15, -0.1) is 0 Å². The minimum atomic E-state index is -0.158. The Kier molecular flexibility index (Phi) is 7.09. The fraction of sp³-hybridized carbons (Fsp3) is 0.545. The summed E-state index contributed by atoms with van der Waals surface area (Å²) in [6, 6.07) is 8.32. The Balaban J connectivity index is 1.56. The fourth-order valence-electron chi connectivity index (χ4n) is 4.00. The van der Waals surface area contributed by atoms with Crippen LogP contribution in [0.4, 0.5) is 0 Å². The van der Waals surface area contributed by atoms with Gasteiger partial charge in [0.1, 0.15) is 0 Å². The number of amides is 1. The van der Waals surface area contributed by atoms with Gasteiger partial charge >= 0.3 is 5.97 Å². The van der Waals surface area contributed by atoms with E-state index < -0.39 is 0 Å². The van der Waals surface area contributed by atoms with Crippen LogP contribution in [0, 0.1) is 5.92 Å². The summed E-state index contributed by atoms with van der Waals surface area (Å²) in [5.41, 5.74) is 2.39. The van der Waals surface area contributed by atoms with Crippen LogP contribution in [-0.4, -0.2) is 55.3 Å². The molecule has 0 atom stereocenters. The van der Waals surface area contributed by atoms with Gasteiger partial charge in [-0.25, -0.2) is 0 Å². The van der Waals surface area contributed by atoms with Gasteiger partial charge < -0.3 is 18.9 Å². The molecule has 1 amide bonds. The van der Waals surface area contributed by atoms with Gasteiger partial charge in [-0.3, -0.25) is 9.59 Å². The summed E-state index contributed by atoms with van der Waals surface area (Å²) in [5.74, 6) is 0.371. The van der Waals surface area contributed by atoms with Gasteiger partial charge in [-0.1, -0.05) is 18.2 Å². The summed E-state index contributed by atoms with van der Waals surface area (Å²) < 4.78 is 12.2. The number of methoxy groups -OCH3 is 2. The summed E-state index contributed by atoms with van der Waals surface area (Å²) in [5, 5.41) is 1.21. The number of carbonyl (C=O) groups is 2. The molecule has 2 heterocycles. The Bertz CT molecular complexity index is 806. The average molecular weight is 386 g/mol. The number of ether oxygens (including phenoxy) is 2. The van der Waals surface area contributed by atoms with Gasteiger partial charge in [0.15, 0.2) is 0 Å². The lowest BCUT2D eigenvalue weighted by Crippen LogP contribution is -2.39. The van der Waals surface area contributed by atoms with Gasteiger partial charge in [0.25, 0.3) is 0 Å². The van der Waals surface area contributed by atoms with Crippen molar-refractivity contribution in [1.82, 2.24) is 9.47 Å². The highest BCUT2D eigenvalue weighted by atomic mass is 16.5. The number of para-hydroxylation sites is 1. The highest BCUT2D eigenvalue weighted by Gasteiger charge is 2.24. The summed E-state index contributed by atoms with van der Waals surface area (Å²) in [6.07, 6.45) is 5.61. The molecule has 2 aromatic rings. The first kappa shape index (κ1) is 20.4. The average Bonchev–Trinajstić information content (AvgIpc) is 3.08. The van der Waals surface area contributed by atoms with Crippen molar-refractivity contribution in [3.8, 4) is 0 Å². The number of hydrogen-bond donors (Lipinski definition) is 0. The molecule has 152 valence electrons. The Morgan fingerprint density at radius 2 is 1.89 bits per heavy atom. The van der Waals surface area contributed by atoms with Crippen LogP contribution in [0.5, 0.6) is 0 Å². The van der Waals surface area contributed by atoms with Crippen molar-refractivity contribution in [1.29, 1.82) is 0 Å². The van der Waals surface area contributed by atoms with Crippen molar-refractivity contribution in [2.45, 2.75) is 38.6 Å². The van der Waals surface area contributed by atoms with Gasteiger partial charge in [0, 0.05) is 56.7 Å². The maximum absolute atomic E-state index is 12.7. The quantitative estimate of drug-likeness (QED) is 0.655. The smallest absolute Gasteiger partial charge is 0.305 e. The number of nitrogens with zero attached hydrogens (tertiary/aromatic N) is 2. The third-order valence-electron chi connectivity index (χ3n) is 5.67. The molecule has 0 spiro atoms. The Morgan fingerprint density at radius 3 is 2.61 bits per heavy atom. The lowest BCUT2D eigenvalue weighted by molar-refractivity contribution is -0.142. The maximum Gasteiger partial charge on any atom is 0.305 e. The van der Waals surface area contributed by atoms with Gasteiger partial charge in [0.05, 0.1) is 13.7 Å². The monoisotopic (exact) mass is 386 g/mol. The second-order valence-electron chi connectivity index (χ2n) is 7.46. The molecule has 1 aromatic heterocycles. The van der Waals surface area contributed by atoms with Crippen molar-refractivity contribution in [2.75, 3.05) is 33.9 Å². The van der Waals surface area contributed by atoms with E-state index in [1.165, 1.54) is 23.6 Å². The first-order valence-corrected chi connectivity index (χ1v) is 10.0. The molecule has 1 saturated heterocycles. The first-order chi connectivity index (χ1) is 13.6. The number of likely N-dealkylation sites (tertiary alicyclic amines) is 1. The molecule has 0 bridgehead atoms. The molecule has 0 saturated carbocycles. The summed E-state index contributed by atoms with van der Waals surface area (Å²) in [7, 11) is 3.13. The highest BCUT2D eigenvalue weighted by molar-refractivity contribution is 5.85. The number of carbonyl (C=O) groups excluding carboxylic acids is 2. The van der Waals surface area contributed by atoms with E-state index in [1.54, 1.807) is 7.11 Å². The zero-order valence-electron chi connectivity index (χ0n) is 16.9. The summed E-state index contributed by atoms with van der Waals surface area (Å²) in [4.78, 5) is 26.0. The number of aromatic nitrogens is 1. The van der Waals surface area contributed by atoms with E-state index in [-0.39, 0.29) is 11.9 Å². The second kappa shape index (κ2) is 9.73. The molecule has 1 fully saturated rings. The molecule has 6 heteroatoms. The number of aryl methyl sites for hydroxylation is 1. The lowest BCUT2D eigenvalue weighted by atomic mass is 9.93. The number of rotatable bonds is 8. The standard InChI is InChI=1S/C22H30N2O4/c1-27-14-13-24-16-18(19-5-3-4-6-20(19)24)7-8-21(25)23-11-9-17(10-12-23)15-22(26)28-2/h3-6,16-17H,7-15H2,1-2H3. The summed E-state index contributed by atoms with van der Waals surface area (Å²) >= 11 is 0. The third kappa shape index (κ3) is 4.93. The zero-order chi connectivity index (χ0) is 19.9. The van der Waals surface area contributed by atoms with Gasteiger partial charge in [0.2, 0.25) is 5.91 Å². The SMILES string of the molecule is COCCn1cc(CCC(=O)N2CCC(CC(=O)OC)CC2)c2ccccc21. The van der Waals surface area contributed by atoms with E-state index in [0.717, 1.165) is 38.9 Å². The molecule has 1 aliphatic heterocycles. The molecule has 0 N–H and O–H groups in total. The molecular weight excluding hydrogens is 356 g/mol.